The van der Waals surface area contributed by atoms with E-state index >= 15 is 0 Å². The van der Waals surface area contributed by atoms with Crippen molar-refractivity contribution < 1.29 is 4.79 Å². The first kappa shape index (κ1) is 20.2. The van der Waals surface area contributed by atoms with Crippen molar-refractivity contribution in [2.75, 3.05) is 0 Å². The topological polar surface area (TPSA) is 20.3 Å². The molecule has 4 aliphatic carbocycles. The van der Waals surface area contributed by atoms with Crippen molar-refractivity contribution in [2.24, 2.45) is 34.5 Å². The van der Waals surface area contributed by atoms with Gasteiger partial charge in [0.2, 0.25) is 5.91 Å². The molecule has 2 fully saturated rings. The van der Waals surface area contributed by atoms with Gasteiger partial charge in [-0.3, -0.25) is 4.79 Å². The van der Waals surface area contributed by atoms with Crippen LogP contribution in [0.25, 0.3) is 0 Å². The van der Waals surface area contributed by atoms with E-state index in [1.807, 2.05) is 0 Å². The highest BCUT2D eigenvalue weighted by molar-refractivity contribution is 5.80. The predicted molar refractivity (Wildman–Crippen MR) is 117 cm³/mol. The van der Waals surface area contributed by atoms with Crippen LogP contribution < -0.4 is 0 Å². The fourth-order valence-corrected chi connectivity index (χ4v) is 7.99. The lowest BCUT2D eigenvalue weighted by Gasteiger charge is -2.57. The van der Waals surface area contributed by atoms with Gasteiger partial charge in [0.05, 0.1) is 0 Å². The quantitative estimate of drug-likeness (QED) is 0.554. The van der Waals surface area contributed by atoms with E-state index in [2.05, 4.69) is 64.7 Å². The van der Waals surface area contributed by atoms with Gasteiger partial charge >= 0.3 is 0 Å². The molecule has 0 aliphatic heterocycles. The first-order chi connectivity index (χ1) is 13.2. The van der Waals surface area contributed by atoms with E-state index in [9.17, 15) is 4.79 Å². The van der Waals surface area contributed by atoms with Gasteiger partial charge in [0.15, 0.2) is 0 Å². The second-order valence-corrected chi connectivity index (χ2v) is 11.2. The summed E-state index contributed by atoms with van der Waals surface area (Å²) in [5.41, 5.74) is 2.19. The average molecular weight is 384 g/mol. The summed E-state index contributed by atoms with van der Waals surface area (Å²) in [6.45, 7) is 13.7. The Morgan fingerprint density at radius 3 is 2.43 bits per heavy atom. The van der Waals surface area contributed by atoms with Crippen molar-refractivity contribution in [1.82, 2.24) is 4.90 Å². The molecular formula is C26H41NO. The number of rotatable bonds is 3. The van der Waals surface area contributed by atoms with Crippen LogP contribution in [0.15, 0.2) is 23.8 Å². The lowest BCUT2D eigenvalue weighted by molar-refractivity contribution is -0.146. The van der Waals surface area contributed by atoms with Crippen LogP contribution in [-0.4, -0.2) is 22.9 Å². The van der Waals surface area contributed by atoms with E-state index in [0.717, 1.165) is 24.2 Å². The minimum atomic E-state index is 0.201. The Balaban J connectivity index is 1.61. The van der Waals surface area contributed by atoms with Crippen molar-refractivity contribution >= 4 is 5.91 Å². The Labute approximate surface area is 172 Å². The summed E-state index contributed by atoms with van der Waals surface area (Å²) in [5, 5.41) is 0. The van der Waals surface area contributed by atoms with Crippen LogP contribution in [-0.2, 0) is 4.79 Å². The van der Waals surface area contributed by atoms with Gasteiger partial charge in [-0.1, -0.05) is 32.1 Å². The molecule has 0 N–H and O–H groups in total. The first-order valence-electron chi connectivity index (χ1n) is 11.9. The highest BCUT2D eigenvalue weighted by atomic mass is 16.2. The van der Waals surface area contributed by atoms with Crippen LogP contribution in [0.1, 0.15) is 86.5 Å². The Morgan fingerprint density at radius 2 is 1.75 bits per heavy atom. The molecule has 28 heavy (non-hydrogen) atoms. The minimum absolute atomic E-state index is 0.201. The molecule has 0 aromatic heterocycles. The summed E-state index contributed by atoms with van der Waals surface area (Å²) < 4.78 is 0. The molecule has 2 nitrogen and oxygen atoms in total. The SMILES string of the molecule is CC(C)N(C(=O)[C@H]1CC[C@H]2[C@@H]3CC=C4C=CCC[C@]4(C)[C@H]3CC[C@]12C)C(C)C. The largest absolute Gasteiger partial charge is 0.338 e. The van der Waals surface area contributed by atoms with Crippen molar-refractivity contribution in [3.63, 3.8) is 0 Å². The standard InChI is InChI=1S/C26H41NO/c1-17(2)27(18(3)4)24(28)23-13-12-21-20-11-10-19-9-7-8-15-25(19,5)22(20)14-16-26(21,23)6/h7,9-10,17-18,20-23H,8,11-16H2,1-6H3/t20-,21-,22-,23+,25-,26-/m0/s1. The molecular weight excluding hydrogens is 342 g/mol. The van der Waals surface area contributed by atoms with Gasteiger partial charge in [-0.15, -0.1) is 0 Å². The third kappa shape index (κ3) is 2.84. The van der Waals surface area contributed by atoms with E-state index in [4.69, 9.17) is 0 Å². The van der Waals surface area contributed by atoms with Crippen LogP contribution in [0.3, 0.4) is 0 Å². The maximum Gasteiger partial charge on any atom is 0.226 e. The molecule has 1 amide bonds. The zero-order valence-corrected chi connectivity index (χ0v) is 19.0. The van der Waals surface area contributed by atoms with Crippen LogP contribution in [0.2, 0.25) is 0 Å². The van der Waals surface area contributed by atoms with E-state index in [-0.39, 0.29) is 11.3 Å². The van der Waals surface area contributed by atoms with Gasteiger partial charge in [0.1, 0.15) is 0 Å². The molecule has 2 saturated carbocycles. The van der Waals surface area contributed by atoms with E-state index in [0.29, 0.717) is 23.4 Å². The number of allylic oxidation sites excluding steroid dienone is 4. The predicted octanol–water partition coefficient (Wildman–Crippen LogP) is 6.38. The molecule has 0 aromatic rings. The summed E-state index contributed by atoms with van der Waals surface area (Å²) in [6, 6.07) is 0.583. The molecule has 0 radical (unpaired) electrons. The smallest absolute Gasteiger partial charge is 0.226 e. The maximum atomic E-state index is 13.6. The third-order valence-electron chi connectivity index (χ3n) is 9.32. The Bertz CT molecular complexity index is 681. The summed E-state index contributed by atoms with van der Waals surface area (Å²) >= 11 is 0. The fraction of sp³-hybridized carbons (Fsp3) is 0.808. The van der Waals surface area contributed by atoms with Crippen LogP contribution in [0, 0.1) is 34.5 Å². The Kier molecular flexibility index (Phi) is 5.08. The molecule has 156 valence electrons. The van der Waals surface area contributed by atoms with E-state index in [1.54, 1.807) is 5.57 Å². The molecule has 0 saturated heterocycles. The summed E-state index contributed by atoms with van der Waals surface area (Å²) in [5.74, 6) is 2.99. The molecule has 0 unspecified atom stereocenters. The highest BCUT2D eigenvalue weighted by Gasteiger charge is 2.59. The number of hydrogen-bond acceptors (Lipinski definition) is 1. The minimum Gasteiger partial charge on any atom is -0.338 e. The molecule has 6 atom stereocenters. The normalized spacial score (nSPS) is 42.1. The van der Waals surface area contributed by atoms with Crippen LogP contribution in [0.4, 0.5) is 0 Å². The van der Waals surface area contributed by atoms with Crippen molar-refractivity contribution in [1.29, 1.82) is 0 Å². The fourth-order valence-electron chi connectivity index (χ4n) is 7.99. The van der Waals surface area contributed by atoms with Gasteiger partial charge in [0, 0.05) is 18.0 Å². The van der Waals surface area contributed by atoms with E-state index < -0.39 is 0 Å². The monoisotopic (exact) mass is 383 g/mol. The van der Waals surface area contributed by atoms with Gasteiger partial charge in [-0.25, -0.2) is 0 Å². The summed E-state index contributed by atoms with van der Waals surface area (Å²) in [6.07, 6.45) is 16.0. The van der Waals surface area contributed by atoms with Gasteiger partial charge in [-0.2, -0.15) is 0 Å². The van der Waals surface area contributed by atoms with E-state index in [1.165, 1.54) is 38.5 Å². The molecule has 0 bridgehead atoms. The average Bonchev–Trinajstić information content (AvgIpc) is 2.97. The third-order valence-corrected chi connectivity index (χ3v) is 9.32. The van der Waals surface area contributed by atoms with Crippen molar-refractivity contribution in [3.05, 3.63) is 23.8 Å². The second kappa shape index (κ2) is 7.03. The molecule has 2 heteroatoms. The summed E-state index contributed by atoms with van der Waals surface area (Å²) in [4.78, 5) is 15.8. The molecule has 0 spiro atoms. The number of hydrogen-bond donors (Lipinski definition) is 0. The molecule has 0 heterocycles. The molecule has 0 aromatic carbocycles. The molecule has 4 aliphatic rings. The van der Waals surface area contributed by atoms with Crippen LogP contribution >= 0.6 is 0 Å². The van der Waals surface area contributed by atoms with Crippen LogP contribution in [0.5, 0.6) is 0 Å². The Morgan fingerprint density at radius 1 is 1.04 bits per heavy atom. The van der Waals surface area contributed by atoms with Gasteiger partial charge in [-0.05, 0) is 107 Å². The summed E-state index contributed by atoms with van der Waals surface area (Å²) in [7, 11) is 0. The first-order valence-corrected chi connectivity index (χ1v) is 11.9. The number of fused-ring (bicyclic) bond motifs is 5. The number of carbonyl (C=O) groups excluding carboxylic acids is 1. The lowest BCUT2D eigenvalue weighted by atomic mass is 9.48. The second-order valence-electron chi connectivity index (χ2n) is 11.2. The highest BCUT2D eigenvalue weighted by Crippen LogP contribution is 2.65. The van der Waals surface area contributed by atoms with Crippen molar-refractivity contribution in [3.8, 4) is 0 Å². The maximum absolute atomic E-state index is 13.6. The molecule has 4 rings (SSSR count). The number of carbonyl (C=O) groups is 1. The Hall–Kier alpha value is -1.05. The van der Waals surface area contributed by atoms with Gasteiger partial charge < -0.3 is 4.90 Å². The van der Waals surface area contributed by atoms with Crippen molar-refractivity contribution in [2.45, 2.75) is 98.6 Å². The lowest BCUT2D eigenvalue weighted by Crippen LogP contribution is -2.53. The number of amides is 1. The zero-order valence-electron chi connectivity index (χ0n) is 19.0. The number of nitrogens with zero attached hydrogens (tertiary/aromatic N) is 1. The van der Waals surface area contributed by atoms with Gasteiger partial charge in [0.25, 0.3) is 0 Å². The zero-order chi connectivity index (χ0) is 20.3.